The van der Waals surface area contributed by atoms with Crippen LogP contribution in [-0.4, -0.2) is 61.6 Å². The monoisotopic (exact) mass is 461 g/mol. The number of carbonyl (C=O) groups excluding carboxylic acids is 4. The molecular weight excluding hydrogens is 426 g/mol. The van der Waals surface area contributed by atoms with Gasteiger partial charge in [0.2, 0.25) is 11.7 Å². The van der Waals surface area contributed by atoms with Crippen LogP contribution in [0.5, 0.6) is 0 Å². The number of nitrogens with one attached hydrogen (secondary N) is 3. The molecule has 1 aromatic carbocycles. The second kappa shape index (κ2) is 13.6. The van der Waals surface area contributed by atoms with Crippen LogP contribution < -0.4 is 16.0 Å². The number of alkyl carbamates (subject to hydrolysis) is 1. The number of hydrogen-bond donors (Lipinski definition) is 3. The molecule has 9 nitrogen and oxygen atoms in total. The van der Waals surface area contributed by atoms with E-state index in [0.29, 0.717) is 39.0 Å². The molecule has 1 fully saturated rings. The number of amides is 3. The summed E-state index contributed by atoms with van der Waals surface area (Å²) in [5.74, 6) is -1.89. The van der Waals surface area contributed by atoms with Crippen molar-refractivity contribution in [2.45, 2.75) is 64.6 Å². The fourth-order valence-corrected chi connectivity index (χ4v) is 3.54. The molecule has 0 aromatic heterocycles. The van der Waals surface area contributed by atoms with Crippen LogP contribution in [-0.2, 0) is 30.3 Å². The zero-order chi connectivity index (χ0) is 24.2. The molecule has 1 aliphatic rings. The Hall–Kier alpha value is -2.94. The Morgan fingerprint density at radius 3 is 2.42 bits per heavy atom. The standard InChI is InChI=1S/C24H35N3O6/c1-4-25-23(30)21(28)19(11-10-17-8-6-5-7-9-17)26-22(29)20(14-16(2)3)27-24(31)33-18-12-13-32-15-18/h5-9,16,18-20H,4,10-15H2,1-3H3,(H,25,30)(H,26,29)(H,27,31)/t18?,19-,20?/m0/s1. The lowest BCUT2D eigenvalue weighted by Crippen LogP contribution is -2.54. The van der Waals surface area contributed by atoms with Gasteiger partial charge in [0.05, 0.1) is 19.3 Å². The van der Waals surface area contributed by atoms with Gasteiger partial charge in [0.1, 0.15) is 12.1 Å². The van der Waals surface area contributed by atoms with Crippen LogP contribution in [0.25, 0.3) is 0 Å². The van der Waals surface area contributed by atoms with E-state index >= 15 is 0 Å². The number of hydrogen-bond acceptors (Lipinski definition) is 6. The second-order valence-corrected chi connectivity index (χ2v) is 8.53. The van der Waals surface area contributed by atoms with Crippen molar-refractivity contribution in [2.24, 2.45) is 5.92 Å². The average Bonchev–Trinajstić information content (AvgIpc) is 3.29. The molecule has 1 aliphatic heterocycles. The van der Waals surface area contributed by atoms with Crippen LogP contribution in [0.15, 0.2) is 30.3 Å². The highest BCUT2D eigenvalue weighted by Crippen LogP contribution is 2.11. The molecule has 0 bridgehead atoms. The van der Waals surface area contributed by atoms with Gasteiger partial charge in [-0.3, -0.25) is 14.4 Å². The van der Waals surface area contributed by atoms with Crippen LogP contribution in [0.1, 0.15) is 45.6 Å². The number of likely N-dealkylation sites (N-methyl/N-ethyl adjacent to an activating group) is 1. The van der Waals surface area contributed by atoms with Gasteiger partial charge in [0, 0.05) is 13.0 Å². The summed E-state index contributed by atoms with van der Waals surface area (Å²) in [5.41, 5.74) is 0.986. The minimum atomic E-state index is -1.01. The maximum absolute atomic E-state index is 13.1. The minimum absolute atomic E-state index is 0.0951. The van der Waals surface area contributed by atoms with Gasteiger partial charge >= 0.3 is 6.09 Å². The molecule has 0 saturated carbocycles. The first-order chi connectivity index (χ1) is 15.8. The Morgan fingerprint density at radius 2 is 1.82 bits per heavy atom. The largest absolute Gasteiger partial charge is 0.444 e. The third kappa shape index (κ3) is 9.21. The number of ketones is 1. The average molecular weight is 462 g/mol. The van der Waals surface area contributed by atoms with E-state index in [1.807, 2.05) is 44.2 Å². The molecule has 0 aliphatic carbocycles. The van der Waals surface area contributed by atoms with Gasteiger partial charge in [0.25, 0.3) is 5.91 Å². The lowest BCUT2D eigenvalue weighted by molar-refractivity contribution is -0.140. The molecule has 3 atom stereocenters. The normalized spacial score (nSPS) is 17.2. The van der Waals surface area contributed by atoms with Crippen LogP contribution in [0, 0.1) is 5.92 Å². The van der Waals surface area contributed by atoms with Gasteiger partial charge in [0.15, 0.2) is 0 Å². The number of aryl methyl sites for hydroxylation is 1. The third-order valence-corrected chi connectivity index (χ3v) is 5.24. The Bertz CT molecular complexity index is 793. The minimum Gasteiger partial charge on any atom is -0.444 e. The molecule has 3 amide bonds. The summed E-state index contributed by atoms with van der Waals surface area (Å²) in [4.78, 5) is 50.3. The molecule has 0 radical (unpaired) electrons. The number of rotatable bonds is 12. The second-order valence-electron chi connectivity index (χ2n) is 8.53. The number of Topliss-reactive ketones (excluding diaryl/α,β-unsaturated/α-hetero) is 1. The molecular formula is C24H35N3O6. The van der Waals surface area contributed by atoms with Gasteiger partial charge < -0.3 is 25.4 Å². The van der Waals surface area contributed by atoms with E-state index in [1.165, 1.54) is 0 Å². The Morgan fingerprint density at radius 1 is 1.09 bits per heavy atom. The molecule has 2 unspecified atom stereocenters. The first-order valence-electron chi connectivity index (χ1n) is 11.5. The Kier molecular flexibility index (Phi) is 10.8. The van der Waals surface area contributed by atoms with Crippen molar-refractivity contribution in [3.8, 4) is 0 Å². The van der Waals surface area contributed by atoms with Crippen LogP contribution >= 0.6 is 0 Å². The molecule has 2 rings (SSSR count). The Balaban J connectivity index is 2.07. The maximum atomic E-state index is 13.1. The van der Waals surface area contributed by atoms with Gasteiger partial charge in [-0.25, -0.2) is 4.79 Å². The van der Waals surface area contributed by atoms with Crippen molar-refractivity contribution in [2.75, 3.05) is 19.8 Å². The highest BCUT2D eigenvalue weighted by molar-refractivity contribution is 6.38. The summed E-state index contributed by atoms with van der Waals surface area (Å²) in [6.45, 7) is 6.72. The third-order valence-electron chi connectivity index (χ3n) is 5.24. The van der Waals surface area contributed by atoms with E-state index in [-0.39, 0.29) is 18.4 Å². The topological polar surface area (TPSA) is 123 Å². The number of benzene rings is 1. The maximum Gasteiger partial charge on any atom is 0.408 e. The lowest BCUT2D eigenvalue weighted by atomic mass is 9.99. The van der Waals surface area contributed by atoms with Crippen molar-refractivity contribution in [3.63, 3.8) is 0 Å². The summed E-state index contributed by atoms with van der Waals surface area (Å²) in [7, 11) is 0. The first-order valence-corrected chi connectivity index (χ1v) is 11.5. The van der Waals surface area contributed by atoms with E-state index in [2.05, 4.69) is 16.0 Å². The van der Waals surface area contributed by atoms with Gasteiger partial charge in [-0.15, -0.1) is 0 Å². The van der Waals surface area contributed by atoms with E-state index in [4.69, 9.17) is 9.47 Å². The molecule has 0 spiro atoms. The lowest BCUT2D eigenvalue weighted by Gasteiger charge is -2.24. The summed E-state index contributed by atoms with van der Waals surface area (Å²) in [6.07, 6.45) is 0.667. The molecule has 3 N–H and O–H groups in total. The zero-order valence-corrected chi connectivity index (χ0v) is 19.6. The van der Waals surface area contributed by atoms with Crippen LogP contribution in [0.2, 0.25) is 0 Å². The zero-order valence-electron chi connectivity index (χ0n) is 19.6. The number of ether oxygens (including phenoxy) is 2. The van der Waals surface area contributed by atoms with Gasteiger partial charge in [-0.1, -0.05) is 44.2 Å². The molecule has 1 heterocycles. The van der Waals surface area contributed by atoms with E-state index in [9.17, 15) is 19.2 Å². The molecule has 33 heavy (non-hydrogen) atoms. The van der Waals surface area contributed by atoms with Crippen molar-refractivity contribution in [1.29, 1.82) is 0 Å². The van der Waals surface area contributed by atoms with Crippen molar-refractivity contribution in [1.82, 2.24) is 16.0 Å². The quantitative estimate of drug-likeness (QED) is 0.408. The number of carbonyl (C=O) groups is 4. The van der Waals surface area contributed by atoms with Gasteiger partial charge in [-0.2, -0.15) is 0 Å². The summed E-state index contributed by atoms with van der Waals surface area (Å²) < 4.78 is 10.5. The first kappa shape index (κ1) is 26.3. The predicted molar refractivity (Wildman–Crippen MR) is 122 cm³/mol. The summed E-state index contributed by atoms with van der Waals surface area (Å²) in [6, 6.07) is 7.58. The Labute approximate surface area is 195 Å². The van der Waals surface area contributed by atoms with Crippen molar-refractivity contribution < 1.29 is 28.7 Å². The molecule has 182 valence electrons. The van der Waals surface area contributed by atoms with Crippen LogP contribution in [0.3, 0.4) is 0 Å². The SMILES string of the molecule is CCNC(=O)C(=O)[C@H](CCc1ccccc1)NC(=O)C(CC(C)C)NC(=O)OC1CCOC1. The van der Waals surface area contributed by atoms with Crippen molar-refractivity contribution in [3.05, 3.63) is 35.9 Å². The van der Waals surface area contributed by atoms with E-state index < -0.39 is 35.8 Å². The summed E-state index contributed by atoms with van der Waals surface area (Å²) >= 11 is 0. The highest BCUT2D eigenvalue weighted by Gasteiger charge is 2.31. The van der Waals surface area contributed by atoms with Crippen LogP contribution in [0.4, 0.5) is 4.79 Å². The smallest absolute Gasteiger partial charge is 0.408 e. The fourth-order valence-electron chi connectivity index (χ4n) is 3.54. The predicted octanol–water partition coefficient (Wildman–Crippen LogP) is 1.74. The fraction of sp³-hybridized carbons (Fsp3) is 0.583. The van der Waals surface area contributed by atoms with Crippen molar-refractivity contribution >= 4 is 23.7 Å². The van der Waals surface area contributed by atoms with E-state index in [1.54, 1.807) is 6.92 Å². The van der Waals surface area contributed by atoms with E-state index in [0.717, 1.165) is 5.56 Å². The van der Waals surface area contributed by atoms with Gasteiger partial charge in [-0.05, 0) is 37.7 Å². The molecule has 1 saturated heterocycles. The summed E-state index contributed by atoms with van der Waals surface area (Å²) in [5, 5.41) is 7.78. The highest BCUT2D eigenvalue weighted by atomic mass is 16.6. The molecule has 9 heteroatoms. The molecule has 1 aromatic rings.